The molecule has 5 heteroatoms. The second-order valence-electron chi connectivity index (χ2n) is 6.30. The lowest BCUT2D eigenvalue weighted by molar-refractivity contribution is 0.0948. The Morgan fingerprint density at radius 1 is 0.964 bits per heavy atom. The van der Waals surface area contributed by atoms with E-state index in [1.165, 1.54) is 0 Å². The van der Waals surface area contributed by atoms with Crippen LogP contribution in [0, 0.1) is 0 Å². The molecule has 0 aliphatic rings. The molecule has 0 spiro atoms. The smallest absolute Gasteiger partial charge is 0.253 e. The van der Waals surface area contributed by atoms with Crippen molar-refractivity contribution in [3.8, 4) is 11.5 Å². The molecule has 140 valence electrons. The highest BCUT2D eigenvalue weighted by Gasteiger charge is 2.14. The number of hydrogen-bond acceptors (Lipinski definition) is 4. The quantitative estimate of drug-likeness (QED) is 0.407. The first-order valence-corrected chi connectivity index (χ1v) is 9.08. The molecule has 0 aliphatic carbocycles. The molecule has 0 bridgehead atoms. The molecule has 0 radical (unpaired) electrons. The molecule has 4 aromatic rings. The summed E-state index contributed by atoms with van der Waals surface area (Å²) in [6.45, 7) is 0.711. The van der Waals surface area contributed by atoms with Crippen LogP contribution in [0.2, 0.25) is 0 Å². The van der Waals surface area contributed by atoms with E-state index in [4.69, 9.17) is 9.47 Å². The lowest BCUT2D eigenvalue weighted by Crippen LogP contribution is -2.28. The van der Waals surface area contributed by atoms with Crippen LogP contribution >= 0.6 is 0 Å². The van der Waals surface area contributed by atoms with Gasteiger partial charge in [-0.1, -0.05) is 42.5 Å². The van der Waals surface area contributed by atoms with Crippen LogP contribution in [0.5, 0.6) is 11.5 Å². The number of aromatic nitrogens is 1. The van der Waals surface area contributed by atoms with E-state index in [0.717, 1.165) is 16.2 Å². The number of carbonyl (C=O) groups is 1. The molecule has 0 unspecified atom stereocenters. The summed E-state index contributed by atoms with van der Waals surface area (Å²) in [5.41, 5.74) is 1.26. The highest BCUT2D eigenvalue weighted by Crippen LogP contribution is 2.27. The van der Waals surface area contributed by atoms with Crippen molar-refractivity contribution in [1.82, 2.24) is 10.3 Å². The molecular formula is C23H20N2O3. The normalized spacial score (nSPS) is 10.8. The summed E-state index contributed by atoms with van der Waals surface area (Å²) in [5, 5.41) is 5.98. The molecule has 1 N–H and O–H groups in total. The van der Waals surface area contributed by atoms with Gasteiger partial charge in [-0.25, -0.2) is 0 Å². The Bertz CT molecular complexity index is 1140. The largest absolute Gasteiger partial charge is 0.493 e. The molecule has 5 nitrogen and oxygen atoms in total. The van der Waals surface area contributed by atoms with E-state index in [0.29, 0.717) is 35.7 Å². The monoisotopic (exact) mass is 372 g/mol. The van der Waals surface area contributed by atoms with Gasteiger partial charge < -0.3 is 14.8 Å². The van der Waals surface area contributed by atoms with Crippen molar-refractivity contribution in [2.75, 3.05) is 20.3 Å². The van der Waals surface area contributed by atoms with Crippen LogP contribution in [0.4, 0.5) is 0 Å². The number of rotatable bonds is 6. The third-order valence-corrected chi connectivity index (χ3v) is 4.57. The van der Waals surface area contributed by atoms with Gasteiger partial charge in [-0.05, 0) is 35.0 Å². The number of amides is 1. The third kappa shape index (κ3) is 3.47. The molecule has 1 heterocycles. The Balaban J connectivity index is 1.51. The third-order valence-electron chi connectivity index (χ3n) is 4.57. The minimum absolute atomic E-state index is 0.168. The second kappa shape index (κ2) is 7.96. The average molecular weight is 372 g/mol. The Morgan fingerprint density at radius 2 is 1.71 bits per heavy atom. The van der Waals surface area contributed by atoms with E-state index in [1.807, 2.05) is 66.7 Å². The van der Waals surface area contributed by atoms with Gasteiger partial charge in [0.25, 0.3) is 5.91 Å². The molecule has 28 heavy (non-hydrogen) atoms. The lowest BCUT2D eigenvalue weighted by Gasteiger charge is -2.12. The number of nitrogens with one attached hydrogen (secondary N) is 1. The summed E-state index contributed by atoms with van der Waals surface area (Å²) in [4.78, 5) is 17.2. The van der Waals surface area contributed by atoms with Gasteiger partial charge in [0.05, 0.1) is 24.7 Å². The number of para-hydroxylation sites is 2. The van der Waals surface area contributed by atoms with Crippen LogP contribution in [0.15, 0.2) is 72.9 Å². The first-order valence-electron chi connectivity index (χ1n) is 9.08. The van der Waals surface area contributed by atoms with E-state index in [2.05, 4.69) is 10.3 Å². The van der Waals surface area contributed by atoms with Gasteiger partial charge >= 0.3 is 0 Å². The summed E-state index contributed by atoms with van der Waals surface area (Å²) in [7, 11) is 1.60. The fourth-order valence-electron chi connectivity index (χ4n) is 3.26. The van der Waals surface area contributed by atoms with Crippen molar-refractivity contribution in [3.05, 3.63) is 78.5 Å². The molecule has 0 saturated carbocycles. The summed E-state index contributed by atoms with van der Waals surface area (Å²) in [5.74, 6) is 1.15. The molecule has 0 atom stereocenters. The van der Waals surface area contributed by atoms with Crippen molar-refractivity contribution >= 4 is 27.6 Å². The molecule has 0 fully saturated rings. The predicted octanol–water partition coefficient (Wildman–Crippen LogP) is 4.21. The number of benzene rings is 3. The fraction of sp³-hybridized carbons (Fsp3) is 0.130. The van der Waals surface area contributed by atoms with Gasteiger partial charge in [0, 0.05) is 11.6 Å². The minimum atomic E-state index is -0.168. The minimum Gasteiger partial charge on any atom is -0.493 e. The lowest BCUT2D eigenvalue weighted by atomic mass is 10.0. The number of fused-ring (bicyclic) bond motifs is 3. The highest BCUT2D eigenvalue weighted by molar-refractivity contribution is 6.15. The Kier molecular flexibility index (Phi) is 5.06. The number of pyridine rings is 1. The van der Waals surface area contributed by atoms with Gasteiger partial charge in [0.1, 0.15) is 6.61 Å². The van der Waals surface area contributed by atoms with Crippen LogP contribution in [-0.2, 0) is 0 Å². The van der Waals surface area contributed by atoms with Gasteiger partial charge in [0.15, 0.2) is 11.5 Å². The first kappa shape index (κ1) is 17.8. The van der Waals surface area contributed by atoms with Crippen LogP contribution in [0.3, 0.4) is 0 Å². The van der Waals surface area contributed by atoms with Crippen molar-refractivity contribution in [2.45, 2.75) is 0 Å². The highest BCUT2D eigenvalue weighted by atomic mass is 16.5. The van der Waals surface area contributed by atoms with Gasteiger partial charge in [0.2, 0.25) is 0 Å². The van der Waals surface area contributed by atoms with Crippen molar-refractivity contribution in [2.24, 2.45) is 0 Å². The predicted molar refractivity (Wildman–Crippen MR) is 110 cm³/mol. The molecule has 3 aromatic carbocycles. The summed E-state index contributed by atoms with van der Waals surface area (Å²) < 4.78 is 11.0. The number of nitrogens with zero attached hydrogens (tertiary/aromatic N) is 1. The average Bonchev–Trinajstić information content (AvgIpc) is 2.76. The second-order valence-corrected chi connectivity index (χ2v) is 6.30. The maximum absolute atomic E-state index is 12.8. The van der Waals surface area contributed by atoms with Crippen LogP contribution < -0.4 is 14.8 Å². The molecule has 0 saturated heterocycles. The zero-order valence-corrected chi connectivity index (χ0v) is 15.5. The molecule has 1 aromatic heterocycles. The maximum atomic E-state index is 12.8. The van der Waals surface area contributed by atoms with Crippen LogP contribution in [0.25, 0.3) is 21.7 Å². The summed E-state index contributed by atoms with van der Waals surface area (Å²) in [6.07, 6.45) is 1.71. The van der Waals surface area contributed by atoms with E-state index < -0.39 is 0 Å². The van der Waals surface area contributed by atoms with Crippen molar-refractivity contribution in [3.63, 3.8) is 0 Å². The van der Waals surface area contributed by atoms with Gasteiger partial charge in [-0.2, -0.15) is 0 Å². The van der Waals surface area contributed by atoms with Crippen LogP contribution in [0.1, 0.15) is 10.4 Å². The summed E-state index contributed by atoms with van der Waals surface area (Å²) >= 11 is 0. The first-order chi connectivity index (χ1) is 13.8. The van der Waals surface area contributed by atoms with E-state index in [1.54, 1.807) is 13.3 Å². The Morgan fingerprint density at radius 3 is 2.57 bits per heavy atom. The number of ether oxygens (including phenoxy) is 2. The zero-order chi connectivity index (χ0) is 19.3. The van der Waals surface area contributed by atoms with Gasteiger partial charge in [-0.15, -0.1) is 0 Å². The summed E-state index contributed by atoms with van der Waals surface area (Å²) in [6, 6.07) is 21.2. The van der Waals surface area contributed by atoms with E-state index in [9.17, 15) is 4.79 Å². The number of carbonyl (C=O) groups excluding carboxylic acids is 1. The molecule has 0 aliphatic heterocycles. The Labute approximate surface area is 162 Å². The van der Waals surface area contributed by atoms with Crippen LogP contribution in [-0.4, -0.2) is 31.2 Å². The van der Waals surface area contributed by atoms with Gasteiger partial charge in [-0.3, -0.25) is 9.78 Å². The molecule has 4 rings (SSSR count). The maximum Gasteiger partial charge on any atom is 0.253 e. The molecule has 1 amide bonds. The number of hydrogen-bond donors (Lipinski definition) is 1. The van der Waals surface area contributed by atoms with E-state index in [-0.39, 0.29) is 5.91 Å². The Hall–Kier alpha value is -3.60. The van der Waals surface area contributed by atoms with Crippen molar-refractivity contribution in [1.29, 1.82) is 0 Å². The standard InChI is InChI=1S/C23H20N2O3/c1-27-20-10-4-5-11-21(20)28-14-13-25-23(26)19-15-16-7-2-3-8-17(16)18-9-6-12-24-22(18)19/h2-12,15H,13-14H2,1H3,(H,25,26). The van der Waals surface area contributed by atoms with E-state index >= 15 is 0 Å². The SMILES string of the molecule is COc1ccccc1OCCNC(=O)c1cc2ccccc2c2cccnc12. The number of methoxy groups -OCH3 is 1. The fourth-order valence-corrected chi connectivity index (χ4v) is 3.26. The molecular weight excluding hydrogens is 352 g/mol. The zero-order valence-electron chi connectivity index (χ0n) is 15.5. The van der Waals surface area contributed by atoms with Crippen molar-refractivity contribution < 1.29 is 14.3 Å². The topological polar surface area (TPSA) is 60.5 Å².